The van der Waals surface area contributed by atoms with Crippen LogP contribution >= 0.6 is 23.1 Å². The van der Waals surface area contributed by atoms with Crippen molar-refractivity contribution in [3.05, 3.63) is 131 Å². The summed E-state index contributed by atoms with van der Waals surface area (Å²) in [5, 5.41) is -0.160. The number of hydrogen-bond acceptors (Lipinski definition) is 18. The molecule has 10 rings (SSSR count). The van der Waals surface area contributed by atoms with Gasteiger partial charge in [-0.3, -0.25) is 19.2 Å². The maximum Gasteiger partial charge on any atom is 0.511 e. The number of aromatic nitrogens is 4. The highest BCUT2D eigenvalue weighted by atomic mass is 32.2. The minimum absolute atomic E-state index is 0.0128. The van der Waals surface area contributed by atoms with E-state index in [1.54, 1.807) is 23.1 Å². The second kappa shape index (κ2) is 20.5. The summed E-state index contributed by atoms with van der Waals surface area (Å²) in [6.07, 6.45) is 1.99. The van der Waals surface area contributed by atoms with Crippen LogP contribution in [0, 0.1) is 11.6 Å². The van der Waals surface area contributed by atoms with Crippen molar-refractivity contribution in [3.63, 3.8) is 0 Å². The summed E-state index contributed by atoms with van der Waals surface area (Å²) >= 11 is 1.48. The Bertz CT molecular complexity index is 3550. The molecule has 400 valence electrons. The van der Waals surface area contributed by atoms with Crippen molar-refractivity contribution in [1.82, 2.24) is 37.1 Å². The van der Waals surface area contributed by atoms with Crippen molar-refractivity contribution in [2.75, 3.05) is 61.9 Å². The third-order valence-corrected chi connectivity index (χ3v) is 20.8. The Hall–Kier alpha value is -5.51. The summed E-state index contributed by atoms with van der Waals surface area (Å²) in [5.41, 5.74) is -3.41. The Kier molecular flexibility index (Phi) is 14.4. The molecule has 6 heterocycles. The van der Waals surface area contributed by atoms with Gasteiger partial charge in [0.05, 0.1) is 23.0 Å². The van der Waals surface area contributed by atoms with Crippen molar-refractivity contribution >= 4 is 73.4 Å². The van der Waals surface area contributed by atoms with E-state index >= 15 is 0 Å². The molecule has 6 aromatic rings. The maximum absolute atomic E-state index is 14.2. The highest BCUT2D eigenvalue weighted by molar-refractivity contribution is 7.93. The summed E-state index contributed by atoms with van der Waals surface area (Å²) in [5.74, 6) is -1.53. The molecule has 2 aromatic heterocycles. The van der Waals surface area contributed by atoms with Gasteiger partial charge >= 0.3 is 15.5 Å². The fourth-order valence-electron chi connectivity index (χ4n) is 9.77. The lowest BCUT2D eigenvalue weighted by molar-refractivity contribution is -0.0521. The molecule has 2 fully saturated rings. The molecule has 2 saturated heterocycles. The van der Waals surface area contributed by atoms with Crippen LogP contribution in [0.1, 0.15) is 65.1 Å². The number of piperazine rings is 2. The van der Waals surface area contributed by atoms with Gasteiger partial charge in [0.2, 0.25) is 20.3 Å². The van der Waals surface area contributed by atoms with Gasteiger partial charge in [0.1, 0.15) is 35.2 Å². The van der Waals surface area contributed by atoms with Crippen LogP contribution in [-0.2, 0) is 45.8 Å². The Morgan fingerprint density at radius 1 is 0.613 bits per heavy atom. The minimum Gasteiger partial charge on any atom is -0.493 e. The molecule has 20 nitrogen and oxygen atoms in total. The summed E-state index contributed by atoms with van der Waals surface area (Å²) in [6.45, 7) is -0.832. The van der Waals surface area contributed by atoms with Crippen LogP contribution < -0.4 is 18.9 Å². The lowest BCUT2D eigenvalue weighted by atomic mass is 9.94. The largest absolute Gasteiger partial charge is 0.511 e. The fraction of sp³-hybridized carbons (Fsp3) is 0.364. The van der Waals surface area contributed by atoms with E-state index in [9.17, 15) is 55.6 Å². The van der Waals surface area contributed by atoms with Crippen LogP contribution in [0.25, 0.3) is 0 Å². The van der Waals surface area contributed by atoms with Gasteiger partial charge in [-0.1, -0.05) is 36.4 Å². The van der Waals surface area contributed by atoms with Gasteiger partial charge in [0.25, 0.3) is 20.0 Å². The molecule has 4 aliphatic heterocycles. The molecule has 0 amide bonds. The van der Waals surface area contributed by atoms with Crippen LogP contribution in [0.4, 0.5) is 32.2 Å². The van der Waals surface area contributed by atoms with Gasteiger partial charge in [-0.2, -0.15) is 30.5 Å². The number of sulfonamides is 4. The van der Waals surface area contributed by atoms with Crippen LogP contribution in [-0.4, -0.2) is 129 Å². The number of fused-ring (bicyclic) bond motifs is 2. The number of alkyl halides is 3. The topological polar surface area (TPSA) is 244 Å². The quantitative estimate of drug-likeness (QED) is 0.119. The van der Waals surface area contributed by atoms with E-state index < -0.39 is 94.2 Å². The SMILES string of the molecule is O=S(=O)(Nc1ncns1)c1ccc2c(c1)OCC[C@@H]2N1CCN(S(=O)(=O)Cc2nsc(NS(=O)(=O)c3ccc4c(c3)OCC[C@@H]4N3CCN(S(=O)(=O)C(F)(F)F)C[C@H]3c3ccc(F)cc3)n2)C[C@H]1c1ccc(F)cc1. The van der Waals surface area contributed by atoms with Crippen molar-refractivity contribution < 1.29 is 65.1 Å². The lowest BCUT2D eigenvalue weighted by Crippen LogP contribution is -2.54. The molecule has 0 unspecified atom stereocenters. The number of nitrogens with one attached hydrogen (secondary N) is 2. The number of rotatable bonds is 14. The molecule has 0 radical (unpaired) electrons. The lowest BCUT2D eigenvalue weighted by Gasteiger charge is -2.46. The van der Waals surface area contributed by atoms with Gasteiger partial charge in [0.15, 0.2) is 5.82 Å². The molecule has 75 heavy (non-hydrogen) atoms. The minimum atomic E-state index is -5.70. The van der Waals surface area contributed by atoms with E-state index in [4.69, 9.17) is 9.47 Å². The van der Waals surface area contributed by atoms with Crippen LogP contribution in [0.3, 0.4) is 0 Å². The molecular weight excluding hydrogens is 1120 g/mol. The van der Waals surface area contributed by atoms with Crippen LogP contribution in [0.15, 0.2) is 101 Å². The van der Waals surface area contributed by atoms with Gasteiger partial charge in [-0.15, -0.1) is 0 Å². The van der Waals surface area contributed by atoms with Crippen molar-refractivity contribution in [2.45, 2.75) is 58.1 Å². The van der Waals surface area contributed by atoms with E-state index in [0.29, 0.717) is 56.7 Å². The first-order chi connectivity index (χ1) is 35.6. The van der Waals surface area contributed by atoms with Gasteiger partial charge in [-0.25, -0.2) is 52.4 Å². The van der Waals surface area contributed by atoms with Gasteiger partial charge in [-0.05, 0) is 47.5 Å². The van der Waals surface area contributed by atoms with Crippen LogP contribution in [0.2, 0.25) is 0 Å². The van der Waals surface area contributed by atoms with E-state index in [1.165, 1.54) is 65.2 Å². The number of anilines is 2. The molecule has 0 aliphatic carbocycles. The molecule has 4 aliphatic rings. The third kappa shape index (κ3) is 10.9. The normalized spacial score (nSPS) is 21.6. The predicted molar refractivity (Wildman–Crippen MR) is 262 cm³/mol. The van der Waals surface area contributed by atoms with E-state index in [2.05, 4.69) is 33.1 Å². The van der Waals surface area contributed by atoms with E-state index in [-0.39, 0.29) is 77.1 Å². The first-order valence-electron chi connectivity index (χ1n) is 22.8. The monoisotopic (exact) mass is 1160 g/mol. The Balaban J connectivity index is 0.832. The molecule has 4 atom stereocenters. The molecule has 0 saturated carbocycles. The number of ether oxygens (including phenoxy) is 2. The smallest absolute Gasteiger partial charge is 0.493 e. The van der Waals surface area contributed by atoms with Crippen molar-refractivity contribution in [2.24, 2.45) is 0 Å². The molecule has 31 heteroatoms. The summed E-state index contributed by atoms with van der Waals surface area (Å²) < 4.78 is 203. The molecule has 2 N–H and O–H groups in total. The van der Waals surface area contributed by atoms with E-state index in [1.807, 2.05) is 0 Å². The van der Waals surface area contributed by atoms with Crippen molar-refractivity contribution in [1.29, 1.82) is 0 Å². The average Bonchev–Trinajstić information content (AvgIpc) is 4.06. The zero-order chi connectivity index (χ0) is 53.1. The summed E-state index contributed by atoms with van der Waals surface area (Å²) in [7, 11) is -18.3. The fourth-order valence-corrected chi connectivity index (χ4v) is 15.7. The van der Waals surface area contributed by atoms with Crippen LogP contribution in [0.5, 0.6) is 11.5 Å². The standard InChI is InChI=1S/C44H43F5N10O10S6/c45-29-5-1-27(2-6-29)37-23-56(15-17-58(37)35-13-19-68-39-21-31(9-11-33(35)39)73(62,63)54-42-50-26-51-70-42)72(60,61)25-41-52-43(71-53-41)55-74(64,65)32-10-12-34-36(14-20-69-40(34)22-32)59-18-16-57(75(66,67)44(47,48)49)24-38(59)28-3-7-30(46)8-4-28/h1-12,21-22,26,35-38H,13-20,23-25H2,(H,50,51,54)(H,52,53,55)/t35-,36-,37-,38-/m0/s1. The third-order valence-electron chi connectivity index (χ3n) is 13.3. The summed E-state index contributed by atoms with van der Waals surface area (Å²) in [6, 6.07) is 16.7. The molecular formula is C44H43F5N10O10S6. The molecule has 0 spiro atoms. The molecule has 0 bridgehead atoms. The number of halogens is 5. The van der Waals surface area contributed by atoms with Gasteiger partial charge < -0.3 is 9.47 Å². The number of benzene rings is 4. The number of nitrogens with zero attached hydrogens (tertiary/aromatic N) is 8. The first-order valence-corrected chi connectivity index (χ1v) is 30.4. The number of hydrogen-bond donors (Lipinski definition) is 2. The van der Waals surface area contributed by atoms with E-state index in [0.717, 1.165) is 23.7 Å². The highest BCUT2D eigenvalue weighted by Gasteiger charge is 2.52. The zero-order valence-corrected chi connectivity index (χ0v) is 43.6. The zero-order valence-electron chi connectivity index (χ0n) is 38.7. The maximum atomic E-state index is 14.2. The second-order valence-corrected chi connectivity index (χ2v) is 26.5. The Labute approximate surface area is 435 Å². The predicted octanol–water partition coefficient (Wildman–Crippen LogP) is 6.01. The average molecular weight is 1160 g/mol. The first kappa shape index (κ1) is 52.9. The Morgan fingerprint density at radius 3 is 1.60 bits per heavy atom. The Morgan fingerprint density at radius 2 is 1.11 bits per heavy atom. The van der Waals surface area contributed by atoms with Crippen molar-refractivity contribution in [3.8, 4) is 11.5 Å². The summed E-state index contributed by atoms with van der Waals surface area (Å²) in [4.78, 5) is 11.6. The second-order valence-electron chi connectivity index (χ2n) is 17.7. The highest BCUT2D eigenvalue weighted by Crippen LogP contribution is 2.45. The molecule has 4 aromatic carbocycles. The van der Waals surface area contributed by atoms with Gasteiger partial charge in [0, 0.05) is 123 Å².